The van der Waals surface area contributed by atoms with E-state index >= 15 is 0 Å². The summed E-state index contributed by atoms with van der Waals surface area (Å²) in [6.07, 6.45) is 0. The normalized spacial score (nSPS) is 12.2. The molecule has 0 saturated heterocycles. The van der Waals surface area contributed by atoms with Crippen LogP contribution in [0.25, 0.3) is 116 Å². The molecule has 0 radical (unpaired) electrons. The number of hydrogen-bond donors (Lipinski definition) is 0. The molecule has 0 nitrogen and oxygen atoms in total. The minimum Gasteiger partial charge on any atom is -0.135 e. The summed E-state index contributed by atoms with van der Waals surface area (Å²) in [5.41, 5.74) is 5.13. The van der Waals surface area contributed by atoms with Crippen molar-refractivity contribution in [3.63, 3.8) is 0 Å². The molecular formula is C50H28S2. The van der Waals surface area contributed by atoms with Gasteiger partial charge in [-0.05, 0) is 113 Å². The second-order valence-electron chi connectivity index (χ2n) is 14.0. The van der Waals surface area contributed by atoms with Crippen LogP contribution in [0.4, 0.5) is 0 Å². The van der Waals surface area contributed by atoms with Gasteiger partial charge in [-0.1, -0.05) is 133 Å². The van der Waals surface area contributed by atoms with Gasteiger partial charge in [-0.3, -0.25) is 0 Å². The van der Waals surface area contributed by atoms with Gasteiger partial charge in [-0.15, -0.1) is 22.7 Å². The molecular weight excluding hydrogens is 665 g/mol. The smallest absolute Gasteiger partial charge is 0.0361 e. The van der Waals surface area contributed by atoms with E-state index in [1.165, 1.54) is 116 Å². The molecule has 2 heterocycles. The molecule has 2 heteroatoms. The molecule has 12 rings (SSSR count). The first-order chi connectivity index (χ1) is 25.8. The molecule has 0 aliphatic heterocycles. The maximum absolute atomic E-state index is 2.42. The summed E-state index contributed by atoms with van der Waals surface area (Å²) in [6, 6.07) is 63.6. The minimum absolute atomic E-state index is 1.27. The lowest BCUT2D eigenvalue weighted by molar-refractivity contribution is 1.72. The molecule has 2 aromatic heterocycles. The van der Waals surface area contributed by atoms with E-state index in [-0.39, 0.29) is 0 Å². The fraction of sp³-hybridized carbons (Fsp3) is 0. The van der Waals surface area contributed by atoms with Crippen LogP contribution in [-0.2, 0) is 0 Å². The molecule has 0 spiro atoms. The van der Waals surface area contributed by atoms with Crippen molar-refractivity contribution in [2.24, 2.45) is 0 Å². The van der Waals surface area contributed by atoms with E-state index in [0.29, 0.717) is 0 Å². The van der Waals surface area contributed by atoms with Crippen LogP contribution in [-0.4, -0.2) is 0 Å². The van der Waals surface area contributed by atoms with E-state index in [1.54, 1.807) is 0 Å². The van der Waals surface area contributed by atoms with Crippen molar-refractivity contribution in [2.75, 3.05) is 0 Å². The van der Waals surface area contributed by atoms with E-state index in [0.717, 1.165) is 0 Å². The quantitative estimate of drug-likeness (QED) is 0.158. The third kappa shape index (κ3) is 4.02. The number of thiophene rings is 2. The monoisotopic (exact) mass is 692 g/mol. The van der Waals surface area contributed by atoms with Crippen LogP contribution >= 0.6 is 22.7 Å². The molecule has 52 heavy (non-hydrogen) atoms. The Morgan fingerprint density at radius 3 is 1.10 bits per heavy atom. The second kappa shape index (κ2) is 10.7. The van der Waals surface area contributed by atoms with Gasteiger partial charge in [-0.2, -0.15) is 0 Å². The van der Waals surface area contributed by atoms with Crippen molar-refractivity contribution < 1.29 is 0 Å². The summed E-state index contributed by atoms with van der Waals surface area (Å²) in [5.74, 6) is 0. The average Bonchev–Trinajstić information content (AvgIpc) is 3.78. The fourth-order valence-corrected chi connectivity index (χ4v) is 11.2. The predicted octanol–water partition coefficient (Wildman–Crippen LogP) is 15.5. The van der Waals surface area contributed by atoms with Gasteiger partial charge in [0, 0.05) is 40.3 Å². The van der Waals surface area contributed by atoms with Gasteiger partial charge in [0.1, 0.15) is 0 Å². The zero-order valence-electron chi connectivity index (χ0n) is 28.0. The highest BCUT2D eigenvalue weighted by Crippen LogP contribution is 2.46. The Balaban J connectivity index is 1.04. The van der Waals surface area contributed by atoms with Crippen LogP contribution in [0.1, 0.15) is 0 Å². The van der Waals surface area contributed by atoms with Gasteiger partial charge in [-0.25, -0.2) is 0 Å². The van der Waals surface area contributed by atoms with Crippen molar-refractivity contribution >= 4 is 117 Å². The summed E-state index contributed by atoms with van der Waals surface area (Å²) in [7, 11) is 0. The van der Waals surface area contributed by atoms with Gasteiger partial charge in [0.2, 0.25) is 0 Å². The van der Waals surface area contributed by atoms with Crippen molar-refractivity contribution in [1.29, 1.82) is 0 Å². The van der Waals surface area contributed by atoms with Gasteiger partial charge in [0.25, 0.3) is 0 Å². The SMILES string of the molecule is c1ccc2c(c1)cc(-c1ccc3c(c1)sc1ccc4c(ccc5sc6cc(-c7cc8ccccc8c8ccccc78)ccc6c54)c13)c1ccccc12. The highest BCUT2D eigenvalue weighted by Gasteiger charge is 2.17. The summed E-state index contributed by atoms with van der Waals surface area (Å²) in [4.78, 5) is 0. The molecule has 0 atom stereocenters. The van der Waals surface area contributed by atoms with E-state index in [1.807, 2.05) is 22.7 Å². The summed E-state index contributed by atoms with van der Waals surface area (Å²) in [5, 5.41) is 18.5. The first-order valence-corrected chi connectivity index (χ1v) is 19.5. The molecule has 0 aliphatic rings. The number of rotatable bonds is 2. The summed E-state index contributed by atoms with van der Waals surface area (Å²) in [6.45, 7) is 0. The molecule has 240 valence electrons. The third-order valence-electron chi connectivity index (χ3n) is 11.2. The summed E-state index contributed by atoms with van der Waals surface area (Å²) >= 11 is 3.82. The Hall–Kier alpha value is -6.06. The standard InChI is InChI=1S/C50H28S2/c1-3-11-33-29(9-1)25-43(37-15-7-5-13-35(33)37)31-17-19-41-47(27-31)51-45-23-21-40-39(49(41)45)22-24-46-50(40)42-20-18-32(28-48(42)52-46)44-26-30-10-2-4-12-34(30)36-14-6-8-16-38(36)44/h1-28H. The maximum Gasteiger partial charge on any atom is 0.0361 e. The van der Waals surface area contributed by atoms with Crippen molar-refractivity contribution in [3.05, 3.63) is 170 Å². The Kier molecular flexibility index (Phi) is 5.90. The Morgan fingerprint density at radius 1 is 0.250 bits per heavy atom. The van der Waals surface area contributed by atoms with Crippen LogP contribution in [0.3, 0.4) is 0 Å². The first kappa shape index (κ1) is 28.6. The molecule has 0 unspecified atom stereocenters. The molecule has 0 amide bonds. The minimum atomic E-state index is 1.27. The zero-order chi connectivity index (χ0) is 33.9. The van der Waals surface area contributed by atoms with Gasteiger partial charge >= 0.3 is 0 Å². The molecule has 0 bridgehead atoms. The molecule has 12 aromatic rings. The fourth-order valence-electron chi connectivity index (χ4n) is 8.88. The second-order valence-corrected chi connectivity index (χ2v) is 16.1. The zero-order valence-corrected chi connectivity index (χ0v) is 29.6. The average molecular weight is 693 g/mol. The van der Waals surface area contributed by atoms with Gasteiger partial charge in [0.05, 0.1) is 0 Å². The Bertz CT molecular complexity index is 3240. The molecule has 0 saturated carbocycles. The molecule has 0 fully saturated rings. The van der Waals surface area contributed by atoms with E-state index in [4.69, 9.17) is 0 Å². The first-order valence-electron chi connectivity index (χ1n) is 17.8. The number of benzene rings is 10. The van der Waals surface area contributed by atoms with Crippen LogP contribution in [0.2, 0.25) is 0 Å². The Morgan fingerprint density at radius 2 is 0.635 bits per heavy atom. The molecule has 0 N–H and O–H groups in total. The van der Waals surface area contributed by atoms with E-state index in [2.05, 4.69) is 170 Å². The van der Waals surface area contributed by atoms with Gasteiger partial charge in [0.15, 0.2) is 0 Å². The highest BCUT2D eigenvalue weighted by atomic mass is 32.1. The van der Waals surface area contributed by atoms with E-state index < -0.39 is 0 Å². The summed E-state index contributed by atoms with van der Waals surface area (Å²) < 4.78 is 5.35. The lowest BCUT2D eigenvalue weighted by Gasteiger charge is -2.11. The molecule has 10 aromatic carbocycles. The number of fused-ring (bicyclic) bond motifs is 15. The van der Waals surface area contributed by atoms with E-state index in [9.17, 15) is 0 Å². The van der Waals surface area contributed by atoms with Crippen molar-refractivity contribution in [3.8, 4) is 22.3 Å². The van der Waals surface area contributed by atoms with Crippen molar-refractivity contribution in [2.45, 2.75) is 0 Å². The topological polar surface area (TPSA) is 0 Å². The lowest BCUT2D eigenvalue weighted by atomic mass is 9.92. The van der Waals surface area contributed by atoms with Crippen LogP contribution in [0, 0.1) is 0 Å². The van der Waals surface area contributed by atoms with Gasteiger partial charge < -0.3 is 0 Å². The van der Waals surface area contributed by atoms with Crippen molar-refractivity contribution in [1.82, 2.24) is 0 Å². The predicted molar refractivity (Wildman–Crippen MR) is 231 cm³/mol. The highest BCUT2D eigenvalue weighted by molar-refractivity contribution is 7.26. The largest absolute Gasteiger partial charge is 0.135 e. The lowest BCUT2D eigenvalue weighted by Crippen LogP contribution is -1.84. The van der Waals surface area contributed by atoms with Crippen LogP contribution in [0.15, 0.2) is 170 Å². The Labute approximate surface area is 307 Å². The number of hydrogen-bond acceptors (Lipinski definition) is 2. The maximum atomic E-state index is 2.42. The third-order valence-corrected chi connectivity index (χ3v) is 13.5. The van der Waals surface area contributed by atoms with Crippen LogP contribution < -0.4 is 0 Å². The van der Waals surface area contributed by atoms with Crippen LogP contribution in [0.5, 0.6) is 0 Å². The molecule has 0 aliphatic carbocycles.